The van der Waals surface area contributed by atoms with Gasteiger partial charge in [0, 0.05) is 37.8 Å². The Morgan fingerprint density at radius 1 is 1.24 bits per heavy atom. The van der Waals surface area contributed by atoms with Crippen molar-refractivity contribution in [1.29, 1.82) is 0 Å². The third kappa shape index (κ3) is 3.87. The lowest BCUT2D eigenvalue weighted by Crippen LogP contribution is -2.44. The van der Waals surface area contributed by atoms with Crippen molar-refractivity contribution in [3.05, 3.63) is 36.2 Å². The van der Waals surface area contributed by atoms with Crippen molar-refractivity contribution in [1.82, 2.24) is 10.2 Å². The quantitative estimate of drug-likeness (QED) is 0.846. The number of nitrogens with one attached hydrogen (secondary N) is 1. The van der Waals surface area contributed by atoms with Gasteiger partial charge in [-0.15, -0.1) is 19.0 Å². The number of halogens is 2. The first kappa shape index (κ1) is 17.8. The lowest BCUT2D eigenvalue weighted by molar-refractivity contribution is 0.200. The molecule has 1 aromatic carbocycles. The van der Waals surface area contributed by atoms with E-state index >= 15 is 0 Å². The molecule has 1 aliphatic heterocycles. The van der Waals surface area contributed by atoms with E-state index in [1.54, 1.807) is 19.3 Å². The van der Waals surface area contributed by atoms with E-state index in [2.05, 4.69) is 16.8 Å². The molecule has 0 radical (unpaired) electrons. The standard InChI is InChI=1S/C15H21FN2O2.ClH/c1-4-13(18-7-5-17-6-8-18)11-9-14(19-2)15(20-3)10-12(11)16;/h4,9-10,13,17H,1,5-8H2,2-3H3;1H/t13-;/m0./s1. The van der Waals surface area contributed by atoms with E-state index in [-0.39, 0.29) is 24.3 Å². The predicted molar refractivity (Wildman–Crippen MR) is 84.1 cm³/mol. The zero-order chi connectivity index (χ0) is 14.5. The van der Waals surface area contributed by atoms with Gasteiger partial charge in [-0.3, -0.25) is 4.90 Å². The summed E-state index contributed by atoms with van der Waals surface area (Å²) in [6.07, 6.45) is 1.77. The number of rotatable bonds is 5. The third-order valence-electron chi connectivity index (χ3n) is 3.59. The summed E-state index contributed by atoms with van der Waals surface area (Å²) in [7, 11) is 3.05. The summed E-state index contributed by atoms with van der Waals surface area (Å²) < 4.78 is 24.7. The number of benzene rings is 1. The van der Waals surface area contributed by atoms with E-state index in [0.717, 1.165) is 26.2 Å². The molecule has 0 spiro atoms. The Kier molecular flexibility index (Phi) is 6.95. The first-order chi connectivity index (χ1) is 9.71. The van der Waals surface area contributed by atoms with Crippen LogP contribution in [0, 0.1) is 5.82 Å². The van der Waals surface area contributed by atoms with Crippen molar-refractivity contribution >= 4 is 12.4 Å². The molecule has 0 saturated carbocycles. The topological polar surface area (TPSA) is 33.7 Å². The second-order valence-electron chi connectivity index (χ2n) is 4.70. The number of ether oxygens (including phenoxy) is 2. The highest BCUT2D eigenvalue weighted by Gasteiger charge is 2.24. The van der Waals surface area contributed by atoms with E-state index in [4.69, 9.17) is 9.47 Å². The molecule has 0 unspecified atom stereocenters. The fourth-order valence-electron chi connectivity index (χ4n) is 2.53. The summed E-state index contributed by atoms with van der Waals surface area (Å²) in [6, 6.07) is 2.91. The third-order valence-corrected chi connectivity index (χ3v) is 3.59. The monoisotopic (exact) mass is 316 g/mol. The van der Waals surface area contributed by atoms with Gasteiger partial charge in [0.2, 0.25) is 0 Å². The molecule has 1 saturated heterocycles. The zero-order valence-electron chi connectivity index (χ0n) is 12.4. The Morgan fingerprint density at radius 2 is 1.81 bits per heavy atom. The minimum atomic E-state index is -0.300. The fraction of sp³-hybridized carbons (Fsp3) is 0.467. The molecule has 118 valence electrons. The fourth-order valence-corrected chi connectivity index (χ4v) is 2.53. The molecular formula is C15H22ClFN2O2. The van der Waals surface area contributed by atoms with E-state index in [1.165, 1.54) is 13.2 Å². The molecule has 0 bridgehead atoms. The van der Waals surface area contributed by atoms with E-state index in [9.17, 15) is 4.39 Å². The molecule has 1 N–H and O–H groups in total. The molecule has 0 aliphatic carbocycles. The lowest BCUT2D eigenvalue weighted by Gasteiger charge is -2.33. The first-order valence-electron chi connectivity index (χ1n) is 6.70. The maximum absolute atomic E-state index is 14.3. The zero-order valence-corrected chi connectivity index (χ0v) is 13.2. The maximum Gasteiger partial charge on any atom is 0.163 e. The molecule has 1 aliphatic rings. The molecule has 1 heterocycles. The van der Waals surface area contributed by atoms with Crippen LogP contribution in [0.4, 0.5) is 4.39 Å². The van der Waals surface area contributed by atoms with Crippen LogP contribution in [0.2, 0.25) is 0 Å². The van der Waals surface area contributed by atoms with Gasteiger partial charge in [0.15, 0.2) is 11.5 Å². The SMILES string of the molecule is C=C[C@@H](c1cc(OC)c(OC)cc1F)N1CCNCC1.Cl. The molecule has 21 heavy (non-hydrogen) atoms. The molecule has 1 fully saturated rings. The van der Waals surface area contributed by atoms with Gasteiger partial charge < -0.3 is 14.8 Å². The number of hydrogen-bond donors (Lipinski definition) is 1. The van der Waals surface area contributed by atoms with Gasteiger partial charge in [-0.1, -0.05) is 6.08 Å². The number of hydrogen-bond acceptors (Lipinski definition) is 4. The first-order valence-corrected chi connectivity index (χ1v) is 6.70. The van der Waals surface area contributed by atoms with Crippen LogP contribution in [-0.4, -0.2) is 45.3 Å². The Morgan fingerprint density at radius 3 is 2.33 bits per heavy atom. The number of methoxy groups -OCH3 is 2. The van der Waals surface area contributed by atoms with Crippen molar-refractivity contribution in [3.8, 4) is 11.5 Å². The lowest BCUT2D eigenvalue weighted by atomic mass is 10.0. The summed E-state index contributed by atoms with van der Waals surface area (Å²) in [5.41, 5.74) is 0.569. The predicted octanol–water partition coefficient (Wildman–Crippen LogP) is 2.40. The average molecular weight is 317 g/mol. The Hall–Kier alpha value is -1.30. The number of piperazine rings is 1. The van der Waals surface area contributed by atoms with Crippen molar-refractivity contribution in [3.63, 3.8) is 0 Å². The van der Waals surface area contributed by atoms with Crippen molar-refractivity contribution < 1.29 is 13.9 Å². The second-order valence-corrected chi connectivity index (χ2v) is 4.70. The Balaban J connectivity index is 0.00000220. The average Bonchev–Trinajstić information content (AvgIpc) is 2.50. The van der Waals surface area contributed by atoms with Crippen LogP contribution in [0.25, 0.3) is 0 Å². The molecule has 0 amide bonds. The summed E-state index contributed by atoms with van der Waals surface area (Å²) in [6.45, 7) is 7.39. The van der Waals surface area contributed by atoms with Gasteiger partial charge in [0.1, 0.15) is 5.82 Å². The molecule has 0 aromatic heterocycles. The molecule has 2 rings (SSSR count). The maximum atomic E-state index is 14.3. The van der Waals surface area contributed by atoms with Crippen LogP contribution in [-0.2, 0) is 0 Å². The van der Waals surface area contributed by atoms with Crippen molar-refractivity contribution in [2.24, 2.45) is 0 Å². The van der Waals surface area contributed by atoms with Crippen LogP contribution < -0.4 is 14.8 Å². The molecule has 4 nitrogen and oxygen atoms in total. The molecule has 1 atom stereocenters. The number of nitrogens with zero attached hydrogens (tertiary/aromatic N) is 1. The van der Waals surface area contributed by atoms with Crippen LogP contribution in [0.15, 0.2) is 24.8 Å². The summed E-state index contributed by atoms with van der Waals surface area (Å²) in [5.74, 6) is 0.633. The normalized spacial score (nSPS) is 16.7. The van der Waals surface area contributed by atoms with E-state index in [0.29, 0.717) is 17.1 Å². The Labute approximate surface area is 131 Å². The summed E-state index contributed by atoms with van der Waals surface area (Å²) >= 11 is 0. The highest BCUT2D eigenvalue weighted by molar-refractivity contribution is 5.85. The van der Waals surface area contributed by atoms with Gasteiger partial charge in [-0.25, -0.2) is 4.39 Å². The summed E-state index contributed by atoms with van der Waals surface area (Å²) in [5, 5.41) is 3.29. The van der Waals surface area contributed by atoms with Crippen LogP contribution in [0.1, 0.15) is 11.6 Å². The van der Waals surface area contributed by atoms with Gasteiger partial charge in [0.25, 0.3) is 0 Å². The van der Waals surface area contributed by atoms with Crippen molar-refractivity contribution in [2.45, 2.75) is 6.04 Å². The second kappa shape index (κ2) is 8.22. The largest absolute Gasteiger partial charge is 0.493 e. The Bertz CT molecular complexity index is 479. The molecule has 6 heteroatoms. The smallest absolute Gasteiger partial charge is 0.163 e. The van der Waals surface area contributed by atoms with Crippen LogP contribution >= 0.6 is 12.4 Å². The highest BCUT2D eigenvalue weighted by Crippen LogP contribution is 2.34. The van der Waals surface area contributed by atoms with Gasteiger partial charge in [-0.05, 0) is 6.07 Å². The van der Waals surface area contributed by atoms with Crippen LogP contribution in [0.3, 0.4) is 0 Å². The van der Waals surface area contributed by atoms with Gasteiger partial charge >= 0.3 is 0 Å². The van der Waals surface area contributed by atoms with Gasteiger partial charge in [-0.2, -0.15) is 0 Å². The van der Waals surface area contributed by atoms with Crippen LogP contribution in [0.5, 0.6) is 11.5 Å². The summed E-state index contributed by atoms with van der Waals surface area (Å²) in [4.78, 5) is 2.20. The van der Waals surface area contributed by atoms with Gasteiger partial charge in [0.05, 0.1) is 20.3 Å². The molecular weight excluding hydrogens is 295 g/mol. The minimum Gasteiger partial charge on any atom is -0.493 e. The molecule has 1 aromatic rings. The van der Waals surface area contributed by atoms with E-state index < -0.39 is 0 Å². The minimum absolute atomic E-state index is 0. The van der Waals surface area contributed by atoms with E-state index in [1.807, 2.05) is 0 Å². The van der Waals surface area contributed by atoms with Crippen molar-refractivity contribution in [2.75, 3.05) is 40.4 Å². The highest BCUT2D eigenvalue weighted by atomic mass is 35.5.